The maximum absolute atomic E-state index is 13.3. The van der Waals surface area contributed by atoms with E-state index < -0.39 is 0 Å². The number of carbonyl (C=O) groups excluding carboxylic acids is 2. The Labute approximate surface area is 200 Å². The number of rotatable bonds is 5. The highest BCUT2D eigenvalue weighted by Crippen LogP contribution is 2.35. The molecule has 0 spiro atoms. The molecule has 8 nitrogen and oxygen atoms in total. The Kier molecular flexibility index (Phi) is 6.02. The second kappa shape index (κ2) is 9.26. The summed E-state index contributed by atoms with van der Waals surface area (Å²) < 4.78 is 6.70. The molecular formula is C25H24N4O4S. The van der Waals surface area contributed by atoms with Gasteiger partial charge in [0.1, 0.15) is 4.83 Å². The van der Waals surface area contributed by atoms with Crippen LogP contribution in [0.4, 0.5) is 0 Å². The lowest BCUT2D eigenvalue weighted by atomic mass is 10.0. The van der Waals surface area contributed by atoms with Gasteiger partial charge in [-0.15, -0.1) is 11.3 Å². The molecule has 1 aliphatic heterocycles. The average Bonchev–Trinajstić information content (AvgIpc) is 3.52. The molecule has 9 heteroatoms. The fourth-order valence-corrected chi connectivity index (χ4v) is 5.34. The van der Waals surface area contributed by atoms with Crippen molar-refractivity contribution in [3.8, 4) is 11.1 Å². The van der Waals surface area contributed by atoms with Crippen LogP contribution >= 0.6 is 11.3 Å². The molecule has 0 unspecified atom stereocenters. The molecule has 0 aliphatic carbocycles. The molecule has 0 atom stereocenters. The van der Waals surface area contributed by atoms with E-state index in [1.165, 1.54) is 28.5 Å². The summed E-state index contributed by atoms with van der Waals surface area (Å²) in [6.07, 6.45) is 3.20. The molecular weight excluding hydrogens is 452 g/mol. The number of fused-ring (bicyclic) bond motifs is 1. The van der Waals surface area contributed by atoms with Gasteiger partial charge in [0.25, 0.3) is 11.5 Å². The number of hydrogen-bond donors (Lipinski definition) is 0. The third-order valence-corrected chi connectivity index (χ3v) is 7.15. The van der Waals surface area contributed by atoms with Crippen molar-refractivity contribution in [2.24, 2.45) is 0 Å². The van der Waals surface area contributed by atoms with Crippen molar-refractivity contribution in [2.75, 3.05) is 26.2 Å². The third-order valence-electron chi connectivity index (χ3n) is 6.14. The zero-order valence-corrected chi connectivity index (χ0v) is 19.6. The van der Waals surface area contributed by atoms with Gasteiger partial charge in [-0.2, -0.15) is 0 Å². The lowest BCUT2D eigenvalue weighted by molar-refractivity contribution is -0.132. The highest BCUT2D eigenvalue weighted by molar-refractivity contribution is 7.19. The number of aryl methyl sites for hydroxylation is 2. The SMILES string of the molecule is Cc1sc2ncn(CCC(=O)N3CCN(C(=O)c4ccco4)CC3)c(=O)c2c1-c1ccccc1. The van der Waals surface area contributed by atoms with Crippen molar-refractivity contribution in [3.63, 3.8) is 0 Å². The van der Waals surface area contributed by atoms with Gasteiger partial charge in [0.2, 0.25) is 5.91 Å². The van der Waals surface area contributed by atoms with E-state index >= 15 is 0 Å². The second-order valence-corrected chi connectivity index (χ2v) is 9.43. The molecule has 0 bridgehead atoms. The molecule has 4 heterocycles. The van der Waals surface area contributed by atoms with Crippen LogP contribution in [-0.4, -0.2) is 57.3 Å². The van der Waals surface area contributed by atoms with Crippen LogP contribution < -0.4 is 5.56 Å². The molecule has 2 amide bonds. The lowest BCUT2D eigenvalue weighted by Crippen LogP contribution is -2.50. The van der Waals surface area contributed by atoms with E-state index in [-0.39, 0.29) is 30.3 Å². The highest BCUT2D eigenvalue weighted by Gasteiger charge is 2.26. The van der Waals surface area contributed by atoms with Crippen molar-refractivity contribution in [1.82, 2.24) is 19.4 Å². The Balaban J connectivity index is 1.27. The summed E-state index contributed by atoms with van der Waals surface area (Å²) in [7, 11) is 0. The topological polar surface area (TPSA) is 88.7 Å². The Morgan fingerprint density at radius 1 is 1.03 bits per heavy atom. The van der Waals surface area contributed by atoms with Gasteiger partial charge in [-0.05, 0) is 24.6 Å². The van der Waals surface area contributed by atoms with E-state index in [4.69, 9.17) is 4.42 Å². The number of piperazine rings is 1. The highest BCUT2D eigenvalue weighted by atomic mass is 32.1. The summed E-state index contributed by atoms with van der Waals surface area (Å²) in [5.41, 5.74) is 1.77. The van der Waals surface area contributed by atoms with Crippen LogP contribution in [0.3, 0.4) is 0 Å². The fraction of sp³-hybridized carbons (Fsp3) is 0.280. The van der Waals surface area contributed by atoms with Crippen molar-refractivity contribution < 1.29 is 14.0 Å². The van der Waals surface area contributed by atoms with E-state index in [2.05, 4.69) is 4.98 Å². The van der Waals surface area contributed by atoms with E-state index in [0.717, 1.165) is 16.0 Å². The molecule has 1 fully saturated rings. The smallest absolute Gasteiger partial charge is 0.289 e. The first-order valence-corrected chi connectivity index (χ1v) is 12.0. The minimum absolute atomic E-state index is 0.0399. The molecule has 0 saturated carbocycles. The summed E-state index contributed by atoms with van der Waals surface area (Å²) in [4.78, 5) is 48.2. The lowest BCUT2D eigenvalue weighted by Gasteiger charge is -2.34. The predicted octanol–water partition coefficient (Wildman–Crippen LogP) is 3.40. The minimum atomic E-state index is -0.164. The monoisotopic (exact) mass is 476 g/mol. The number of carbonyl (C=O) groups is 2. The molecule has 5 rings (SSSR count). The molecule has 1 aliphatic rings. The summed E-state index contributed by atoms with van der Waals surface area (Å²) in [6, 6.07) is 13.2. The molecule has 0 N–H and O–H groups in total. The molecule has 0 radical (unpaired) electrons. The Bertz CT molecular complexity index is 1380. The predicted molar refractivity (Wildman–Crippen MR) is 130 cm³/mol. The first kappa shape index (κ1) is 22.1. The molecule has 1 saturated heterocycles. The Morgan fingerprint density at radius 3 is 2.47 bits per heavy atom. The number of benzene rings is 1. The van der Waals surface area contributed by atoms with Crippen molar-refractivity contribution in [2.45, 2.75) is 19.9 Å². The summed E-state index contributed by atoms with van der Waals surface area (Å²) in [5, 5.41) is 0.605. The fourth-order valence-electron chi connectivity index (χ4n) is 4.34. The number of thiophene rings is 1. The Hall–Kier alpha value is -3.72. The third kappa shape index (κ3) is 4.14. The maximum atomic E-state index is 13.3. The van der Waals surface area contributed by atoms with E-state index in [9.17, 15) is 14.4 Å². The van der Waals surface area contributed by atoms with Gasteiger partial charge in [-0.3, -0.25) is 19.0 Å². The summed E-state index contributed by atoms with van der Waals surface area (Å²) in [5.74, 6) is 0.103. The van der Waals surface area contributed by atoms with Gasteiger partial charge >= 0.3 is 0 Å². The van der Waals surface area contributed by atoms with Crippen molar-refractivity contribution in [1.29, 1.82) is 0 Å². The maximum Gasteiger partial charge on any atom is 0.289 e. The number of nitrogens with zero attached hydrogens (tertiary/aromatic N) is 4. The van der Waals surface area contributed by atoms with Crippen LogP contribution in [0.5, 0.6) is 0 Å². The number of furan rings is 1. The van der Waals surface area contributed by atoms with E-state index in [1.54, 1.807) is 21.9 Å². The number of amides is 2. The largest absolute Gasteiger partial charge is 0.459 e. The van der Waals surface area contributed by atoms with E-state index in [0.29, 0.717) is 42.2 Å². The van der Waals surface area contributed by atoms with Crippen molar-refractivity contribution >= 4 is 33.4 Å². The molecule has 174 valence electrons. The zero-order chi connectivity index (χ0) is 23.7. The minimum Gasteiger partial charge on any atom is -0.459 e. The zero-order valence-electron chi connectivity index (χ0n) is 18.8. The van der Waals surface area contributed by atoms with Gasteiger partial charge in [0.05, 0.1) is 18.0 Å². The summed E-state index contributed by atoms with van der Waals surface area (Å²) >= 11 is 1.51. The van der Waals surface area contributed by atoms with Gasteiger partial charge in [-0.25, -0.2) is 4.98 Å². The van der Waals surface area contributed by atoms with Gasteiger partial charge in [0, 0.05) is 49.6 Å². The van der Waals surface area contributed by atoms with Gasteiger partial charge < -0.3 is 14.2 Å². The molecule has 1 aromatic carbocycles. The van der Waals surface area contributed by atoms with Crippen LogP contribution in [0.2, 0.25) is 0 Å². The molecule has 4 aromatic rings. The van der Waals surface area contributed by atoms with Gasteiger partial charge in [-0.1, -0.05) is 30.3 Å². The molecule has 34 heavy (non-hydrogen) atoms. The summed E-state index contributed by atoms with van der Waals surface area (Å²) in [6.45, 7) is 4.08. The number of hydrogen-bond acceptors (Lipinski definition) is 6. The average molecular weight is 477 g/mol. The Morgan fingerprint density at radius 2 is 1.76 bits per heavy atom. The van der Waals surface area contributed by atoms with Crippen molar-refractivity contribution in [3.05, 3.63) is 76.0 Å². The molecule has 3 aromatic heterocycles. The van der Waals surface area contributed by atoms with Crippen LogP contribution in [-0.2, 0) is 11.3 Å². The second-order valence-electron chi connectivity index (χ2n) is 8.22. The van der Waals surface area contributed by atoms with E-state index in [1.807, 2.05) is 37.3 Å². The van der Waals surface area contributed by atoms with Crippen LogP contribution in [0.15, 0.2) is 64.3 Å². The van der Waals surface area contributed by atoms with Crippen LogP contribution in [0, 0.1) is 6.92 Å². The van der Waals surface area contributed by atoms with Gasteiger partial charge in [0.15, 0.2) is 5.76 Å². The number of aromatic nitrogens is 2. The standard InChI is InChI=1S/C25H24N4O4S/c1-17-21(18-6-3-2-4-7-18)22-23(34-17)26-16-29(25(22)32)10-9-20(30)27-11-13-28(14-12-27)24(31)19-8-5-15-33-19/h2-8,15-16H,9-14H2,1H3. The normalized spacial score (nSPS) is 14.0. The quantitative estimate of drug-likeness (QED) is 0.441. The first-order chi connectivity index (χ1) is 16.5. The first-order valence-electron chi connectivity index (χ1n) is 11.2. The van der Waals surface area contributed by atoms with Crippen LogP contribution in [0.25, 0.3) is 21.3 Å². The van der Waals surface area contributed by atoms with Crippen LogP contribution in [0.1, 0.15) is 21.9 Å².